The number of nitrogens with zero attached hydrogens (tertiary/aromatic N) is 5. The van der Waals surface area contributed by atoms with Gasteiger partial charge in [-0.1, -0.05) is 6.07 Å². The number of hydrogen-bond acceptors (Lipinski definition) is 8. The number of amides is 1. The highest BCUT2D eigenvalue weighted by Gasteiger charge is 2.23. The van der Waals surface area contributed by atoms with Crippen molar-refractivity contribution in [1.29, 1.82) is 0 Å². The predicted octanol–water partition coefficient (Wildman–Crippen LogP) is 2.02. The van der Waals surface area contributed by atoms with E-state index >= 15 is 0 Å². The van der Waals surface area contributed by atoms with E-state index in [0.717, 1.165) is 42.2 Å². The van der Waals surface area contributed by atoms with Gasteiger partial charge in [0.2, 0.25) is 5.91 Å². The normalized spacial score (nSPS) is 15.1. The summed E-state index contributed by atoms with van der Waals surface area (Å²) in [6, 6.07) is 6.44. The molecule has 1 aliphatic heterocycles. The minimum atomic E-state index is -0.673. The maximum absolute atomic E-state index is 11.4. The van der Waals surface area contributed by atoms with Crippen molar-refractivity contribution in [3.63, 3.8) is 0 Å². The van der Waals surface area contributed by atoms with Crippen molar-refractivity contribution in [2.75, 3.05) is 31.1 Å². The van der Waals surface area contributed by atoms with E-state index in [2.05, 4.69) is 19.8 Å². The van der Waals surface area contributed by atoms with Crippen LogP contribution in [0.3, 0.4) is 0 Å². The number of anilines is 1. The third kappa shape index (κ3) is 3.51. The molecule has 0 spiro atoms. The van der Waals surface area contributed by atoms with Crippen molar-refractivity contribution in [3.05, 3.63) is 57.2 Å². The zero-order chi connectivity index (χ0) is 19.7. The third-order valence-electron chi connectivity index (χ3n) is 4.87. The molecule has 3 aromatic rings. The topological polar surface area (TPSA) is 118 Å². The van der Waals surface area contributed by atoms with Gasteiger partial charge in [0.25, 0.3) is 5.69 Å². The Morgan fingerprint density at radius 2 is 2.00 bits per heavy atom. The number of thiophene rings is 1. The number of fused-ring (bicyclic) bond motifs is 1. The standard InChI is InChI=1S/C18H18N6O3S/c19-16(25)12-1-2-13(15(9-12)24(26)27)10-22-4-6-23(7-5-22)17-14-3-8-28-18(14)21-11-20-17/h1-3,8-9,11H,4-7,10H2,(H2,19,25). The van der Waals surface area contributed by atoms with Crippen LogP contribution < -0.4 is 10.6 Å². The van der Waals surface area contributed by atoms with Gasteiger partial charge in [0.15, 0.2) is 0 Å². The molecule has 1 saturated heterocycles. The van der Waals surface area contributed by atoms with Crippen LogP contribution in [0.5, 0.6) is 0 Å². The van der Waals surface area contributed by atoms with Gasteiger partial charge < -0.3 is 10.6 Å². The van der Waals surface area contributed by atoms with Crippen molar-refractivity contribution >= 4 is 39.0 Å². The lowest BCUT2D eigenvalue weighted by Crippen LogP contribution is -2.46. The predicted molar refractivity (Wildman–Crippen MR) is 107 cm³/mol. The van der Waals surface area contributed by atoms with Gasteiger partial charge in [0, 0.05) is 49.9 Å². The maximum atomic E-state index is 11.4. The first-order valence-corrected chi connectivity index (χ1v) is 9.63. The Morgan fingerprint density at radius 3 is 2.71 bits per heavy atom. The summed E-state index contributed by atoms with van der Waals surface area (Å²) in [6.07, 6.45) is 1.59. The van der Waals surface area contributed by atoms with Crippen LogP contribution in [0.15, 0.2) is 36.0 Å². The monoisotopic (exact) mass is 398 g/mol. The average molecular weight is 398 g/mol. The Balaban J connectivity index is 1.47. The van der Waals surface area contributed by atoms with Crippen LogP contribution in [0.1, 0.15) is 15.9 Å². The second-order valence-corrected chi connectivity index (χ2v) is 7.46. The number of carbonyl (C=O) groups is 1. The highest BCUT2D eigenvalue weighted by molar-refractivity contribution is 7.16. The fourth-order valence-corrected chi connectivity index (χ4v) is 4.14. The molecule has 2 aromatic heterocycles. The smallest absolute Gasteiger partial charge is 0.274 e. The summed E-state index contributed by atoms with van der Waals surface area (Å²) in [6.45, 7) is 3.50. The molecule has 4 rings (SSSR count). The largest absolute Gasteiger partial charge is 0.366 e. The number of primary amides is 1. The highest BCUT2D eigenvalue weighted by Crippen LogP contribution is 2.28. The van der Waals surface area contributed by atoms with E-state index in [1.54, 1.807) is 23.7 Å². The van der Waals surface area contributed by atoms with Crippen LogP contribution in [0.25, 0.3) is 10.2 Å². The molecule has 10 heteroatoms. The number of carbonyl (C=O) groups excluding carboxylic acids is 1. The molecule has 3 heterocycles. The number of nitrogens with two attached hydrogens (primary N) is 1. The number of benzene rings is 1. The molecule has 2 N–H and O–H groups in total. The first kappa shape index (κ1) is 18.3. The minimum absolute atomic E-state index is 0.0745. The molecule has 1 aliphatic rings. The molecule has 0 unspecified atom stereocenters. The quantitative estimate of drug-likeness (QED) is 0.516. The summed E-state index contributed by atoms with van der Waals surface area (Å²) in [4.78, 5) is 36.3. The molecule has 0 radical (unpaired) electrons. The van der Waals surface area contributed by atoms with E-state index in [-0.39, 0.29) is 11.3 Å². The number of rotatable bonds is 5. The van der Waals surface area contributed by atoms with Crippen LogP contribution in [-0.4, -0.2) is 51.9 Å². The zero-order valence-corrected chi connectivity index (χ0v) is 15.8. The number of nitro groups is 1. The second kappa shape index (κ2) is 7.49. The van der Waals surface area contributed by atoms with Crippen molar-refractivity contribution in [2.24, 2.45) is 5.73 Å². The van der Waals surface area contributed by atoms with Crippen molar-refractivity contribution in [1.82, 2.24) is 14.9 Å². The van der Waals surface area contributed by atoms with E-state index in [9.17, 15) is 14.9 Å². The molecule has 28 heavy (non-hydrogen) atoms. The van der Waals surface area contributed by atoms with Gasteiger partial charge in [-0.05, 0) is 17.5 Å². The summed E-state index contributed by atoms with van der Waals surface area (Å²) >= 11 is 1.59. The summed E-state index contributed by atoms with van der Waals surface area (Å²) in [5.41, 5.74) is 5.87. The number of nitro benzene ring substituents is 1. The molecule has 1 fully saturated rings. The average Bonchev–Trinajstić information content (AvgIpc) is 3.17. The highest BCUT2D eigenvalue weighted by atomic mass is 32.1. The molecule has 1 amide bonds. The SMILES string of the molecule is NC(=O)c1ccc(CN2CCN(c3ncnc4sccc34)CC2)c([N+](=O)[O-])c1. The summed E-state index contributed by atoms with van der Waals surface area (Å²) in [5, 5.41) is 14.4. The van der Waals surface area contributed by atoms with Gasteiger partial charge in [-0.3, -0.25) is 19.8 Å². The van der Waals surface area contributed by atoms with Crippen LogP contribution in [0.2, 0.25) is 0 Å². The van der Waals surface area contributed by atoms with E-state index in [1.807, 2.05) is 11.4 Å². The van der Waals surface area contributed by atoms with E-state index in [4.69, 9.17) is 5.73 Å². The number of hydrogen-bond donors (Lipinski definition) is 1. The Labute approximate surface area is 164 Å². The van der Waals surface area contributed by atoms with E-state index < -0.39 is 10.8 Å². The maximum Gasteiger partial charge on any atom is 0.274 e. The van der Waals surface area contributed by atoms with Crippen LogP contribution in [0, 0.1) is 10.1 Å². The van der Waals surface area contributed by atoms with E-state index in [1.165, 1.54) is 12.1 Å². The molecular formula is C18H18N6O3S. The van der Waals surface area contributed by atoms with Crippen molar-refractivity contribution in [2.45, 2.75) is 6.54 Å². The van der Waals surface area contributed by atoms with Gasteiger partial charge in [-0.15, -0.1) is 11.3 Å². The molecule has 144 valence electrons. The van der Waals surface area contributed by atoms with Gasteiger partial charge in [-0.2, -0.15) is 0 Å². The Morgan fingerprint density at radius 1 is 1.21 bits per heavy atom. The number of piperazine rings is 1. The van der Waals surface area contributed by atoms with Crippen molar-refractivity contribution in [3.8, 4) is 0 Å². The minimum Gasteiger partial charge on any atom is -0.366 e. The molecule has 0 bridgehead atoms. The molecular weight excluding hydrogens is 380 g/mol. The zero-order valence-electron chi connectivity index (χ0n) is 14.9. The second-order valence-electron chi connectivity index (χ2n) is 6.56. The van der Waals surface area contributed by atoms with Gasteiger partial charge in [-0.25, -0.2) is 9.97 Å². The van der Waals surface area contributed by atoms with Crippen molar-refractivity contribution < 1.29 is 9.72 Å². The molecule has 9 nitrogen and oxygen atoms in total. The number of aromatic nitrogens is 2. The summed E-state index contributed by atoms with van der Waals surface area (Å²) in [5.74, 6) is 0.260. The summed E-state index contributed by atoms with van der Waals surface area (Å²) < 4.78 is 0. The van der Waals surface area contributed by atoms with Gasteiger partial charge in [0.1, 0.15) is 17.0 Å². The van der Waals surface area contributed by atoms with Gasteiger partial charge in [0.05, 0.1) is 10.3 Å². The van der Waals surface area contributed by atoms with Crippen LogP contribution in [-0.2, 0) is 6.54 Å². The van der Waals surface area contributed by atoms with E-state index in [0.29, 0.717) is 12.1 Å². The Kier molecular flexibility index (Phi) is 4.88. The molecule has 0 saturated carbocycles. The molecule has 0 aliphatic carbocycles. The molecule has 1 aromatic carbocycles. The molecule has 0 atom stereocenters. The lowest BCUT2D eigenvalue weighted by Gasteiger charge is -2.35. The van der Waals surface area contributed by atoms with Gasteiger partial charge >= 0.3 is 0 Å². The fourth-order valence-electron chi connectivity index (χ4n) is 3.41. The Hall–Kier alpha value is -3.11. The first-order valence-electron chi connectivity index (χ1n) is 8.75. The first-order chi connectivity index (χ1) is 13.5. The lowest BCUT2D eigenvalue weighted by molar-refractivity contribution is -0.385. The third-order valence-corrected chi connectivity index (χ3v) is 5.69. The Bertz CT molecular complexity index is 1040. The summed E-state index contributed by atoms with van der Waals surface area (Å²) in [7, 11) is 0. The fraction of sp³-hybridized carbons (Fsp3) is 0.278. The van der Waals surface area contributed by atoms with Crippen LogP contribution in [0.4, 0.5) is 11.5 Å². The van der Waals surface area contributed by atoms with Crippen LogP contribution >= 0.6 is 11.3 Å². The lowest BCUT2D eigenvalue weighted by atomic mass is 10.1.